The van der Waals surface area contributed by atoms with Gasteiger partial charge >= 0.3 is 0 Å². The maximum atomic E-state index is 11.9. The van der Waals surface area contributed by atoms with Gasteiger partial charge in [0.1, 0.15) is 0 Å². The Balaban J connectivity index is 4.02. The fourth-order valence-electron chi connectivity index (χ4n) is 2.03. The molecule has 0 aliphatic heterocycles. The number of carbonyl (C=O) groups excluding carboxylic acids is 1. The van der Waals surface area contributed by atoms with Crippen molar-refractivity contribution in [3.05, 3.63) is 0 Å². The number of aliphatic hydroxyl groups is 1. The normalized spacial score (nSPS) is 12.5. The van der Waals surface area contributed by atoms with E-state index in [1.54, 1.807) is 4.90 Å². The topological polar surface area (TPSA) is 66.6 Å². The summed E-state index contributed by atoms with van der Waals surface area (Å²) in [5.74, 6) is 0.720. The maximum Gasteiger partial charge on any atom is 0.222 e. The summed E-state index contributed by atoms with van der Waals surface area (Å²) >= 11 is 0. The van der Waals surface area contributed by atoms with Gasteiger partial charge in [-0.05, 0) is 31.7 Å². The Morgan fingerprint density at radius 1 is 1.29 bits per heavy atom. The highest BCUT2D eigenvalue weighted by molar-refractivity contribution is 5.76. The first-order valence-corrected chi connectivity index (χ1v) is 6.78. The van der Waals surface area contributed by atoms with Gasteiger partial charge in [0.2, 0.25) is 5.91 Å². The van der Waals surface area contributed by atoms with Gasteiger partial charge in [-0.1, -0.05) is 20.3 Å². The summed E-state index contributed by atoms with van der Waals surface area (Å²) in [5, 5.41) is 8.91. The van der Waals surface area contributed by atoms with Crippen LogP contribution in [0.3, 0.4) is 0 Å². The molecule has 4 heteroatoms. The fraction of sp³-hybridized carbons (Fsp3) is 0.923. The lowest BCUT2D eigenvalue weighted by atomic mass is 9.96. The predicted octanol–water partition coefficient (Wildman–Crippen LogP) is 1.37. The lowest BCUT2D eigenvalue weighted by molar-refractivity contribution is -0.132. The number of carbonyl (C=O) groups is 1. The molecule has 0 radical (unpaired) electrons. The van der Waals surface area contributed by atoms with Gasteiger partial charge in [0, 0.05) is 19.5 Å². The molecule has 0 aliphatic rings. The Morgan fingerprint density at radius 3 is 2.47 bits per heavy atom. The van der Waals surface area contributed by atoms with E-state index in [4.69, 9.17) is 10.8 Å². The third kappa shape index (κ3) is 7.34. The Labute approximate surface area is 105 Å². The van der Waals surface area contributed by atoms with Gasteiger partial charge in [-0.2, -0.15) is 0 Å². The second kappa shape index (κ2) is 10.5. The lowest BCUT2D eigenvalue weighted by Gasteiger charge is -2.22. The third-order valence-electron chi connectivity index (χ3n) is 3.13. The van der Waals surface area contributed by atoms with Crippen LogP contribution in [-0.2, 0) is 4.79 Å². The van der Waals surface area contributed by atoms with Crippen LogP contribution in [0.25, 0.3) is 0 Å². The molecule has 4 nitrogen and oxygen atoms in total. The number of hydrogen-bond donors (Lipinski definition) is 2. The Morgan fingerprint density at radius 2 is 2.00 bits per heavy atom. The quantitative estimate of drug-likeness (QED) is 0.610. The number of nitrogens with zero attached hydrogens (tertiary/aromatic N) is 1. The third-order valence-corrected chi connectivity index (χ3v) is 3.13. The van der Waals surface area contributed by atoms with Gasteiger partial charge in [0.15, 0.2) is 0 Å². The molecule has 0 saturated heterocycles. The molecule has 0 aromatic carbocycles. The minimum atomic E-state index is 0.0474. The van der Waals surface area contributed by atoms with Crippen molar-refractivity contribution >= 4 is 5.91 Å². The maximum absolute atomic E-state index is 11.9. The van der Waals surface area contributed by atoms with Gasteiger partial charge in [-0.3, -0.25) is 4.79 Å². The summed E-state index contributed by atoms with van der Waals surface area (Å²) < 4.78 is 0. The van der Waals surface area contributed by atoms with E-state index >= 15 is 0 Å². The molecule has 0 rings (SSSR count). The average Bonchev–Trinajstić information content (AvgIpc) is 2.33. The van der Waals surface area contributed by atoms with E-state index in [2.05, 4.69) is 6.92 Å². The van der Waals surface area contributed by atoms with E-state index in [0.29, 0.717) is 25.4 Å². The first-order chi connectivity index (χ1) is 8.19. The molecule has 0 heterocycles. The average molecular weight is 244 g/mol. The minimum Gasteiger partial charge on any atom is -0.395 e. The molecule has 0 spiro atoms. The second-order valence-corrected chi connectivity index (χ2v) is 4.49. The molecule has 0 aliphatic carbocycles. The van der Waals surface area contributed by atoms with Crippen LogP contribution in [0.2, 0.25) is 0 Å². The van der Waals surface area contributed by atoms with Crippen molar-refractivity contribution in [1.82, 2.24) is 4.90 Å². The van der Waals surface area contributed by atoms with E-state index in [1.165, 1.54) is 0 Å². The van der Waals surface area contributed by atoms with Gasteiger partial charge in [0.25, 0.3) is 0 Å². The minimum absolute atomic E-state index is 0.0474. The number of nitrogens with two attached hydrogens (primary N) is 1. The molecule has 102 valence electrons. The van der Waals surface area contributed by atoms with Crippen molar-refractivity contribution in [1.29, 1.82) is 0 Å². The highest BCUT2D eigenvalue weighted by Crippen LogP contribution is 2.15. The largest absolute Gasteiger partial charge is 0.395 e. The summed E-state index contributed by atoms with van der Waals surface area (Å²) in [6.07, 6.45) is 4.51. The molecule has 0 fully saturated rings. The molecule has 0 saturated carbocycles. The van der Waals surface area contributed by atoms with Crippen LogP contribution in [0, 0.1) is 5.92 Å². The molecule has 0 bridgehead atoms. The monoisotopic (exact) mass is 244 g/mol. The van der Waals surface area contributed by atoms with Crippen molar-refractivity contribution in [2.24, 2.45) is 11.7 Å². The van der Waals surface area contributed by atoms with Crippen LogP contribution in [-0.4, -0.2) is 42.2 Å². The van der Waals surface area contributed by atoms with Crippen molar-refractivity contribution in [2.75, 3.05) is 26.2 Å². The van der Waals surface area contributed by atoms with Crippen LogP contribution in [0.5, 0.6) is 0 Å². The summed E-state index contributed by atoms with van der Waals surface area (Å²) in [5.41, 5.74) is 5.54. The summed E-state index contributed by atoms with van der Waals surface area (Å²) in [7, 11) is 0. The molecule has 1 unspecified atom stereocenters. The highest BCUT2D eigenvalue weighted by Gasteiger charge is 2.14. The zero-order valence-corrected chi connectivity index (χ0v) is 11.3. The van der Waals surface area contributed by atoms with E-state index in [0.717, 1.165) is 32.2 Å². The molecule has 1 amide bonds. The summed E-state index contributed by atoms with van der Waals surface area (Å²) in [4.78, 5) is 13.7. The van der Waals surface area contributed by atoms with Gasteiger partial charge in [0.05, 0.1) is 6.61 Å². The molecular formula is C13H28N2O2. The molecular weight excluding hydrogens is 216 g/mol. The Kier molecular flexibility index (Phi) is 10.2. The summed E-state index contributed by atoms with van der Waals surface area (Å²) in [6, 6.07) is 0. The van der Waals surface area contributed by atoms with E-state index < -0.39 is 0 Å². The standard InChI is InChI=1S/C13H28N2O2/c1-3-9-15(10-11-16)13(17)6-5-12(4-2)7-8-14/h12,16H,3-11,14H2,1-2H3. The Hall–Kier alpha value is -0.610. The fourth-order valence-corrected chi connectivity index (χ4v) is 2.03. The van der Waals surface area contributed by atoms with Crippen LogP contribution in [0.1, 0.15) is 46.0 Å². The number of aliphatic hydroxyl groups excluding tert-OH is 1. The van der Waals surface area contributed by atoms with Crippen LogP contribution >= 0.6 is 0 Å². The van der Waals surface area contributed by atoms with Gasteiger partial charge < -0.3 is 15.7 Å². The lowest BCUT2D eigenvalue weighted by Crippen LogP contribution is -2.34. The Bertz CT molecular complexity index is 192. The molecule has 17 heavy (non-hydrogen) atoms. The van der Waals surface area contributed by atoms with Crippen molar-refractivity contribution < 1.29 is 9.90 Å². The van der Waals surface area contributed by atoms with Gasteiger partial charge in [-0.15, -0.1) is 0 Å². The van der Waals surface area contributed by atoms with Crippen molar-refractivity contribution in [3.63, 3.8) is 0 Å². The van der Waals surface area contributed by atoms with Gasteiger partial charge in [-0.25, -0.2) is 0 Å². The molecule has 0 aromatic rings. The number of hydrogen-bond acceptors (Lipinski definition) is 3. The second-order valence-electron chi connectivity index (χ2n) is 4.49. The van der Waals surface area contributed by atoms with Crippen LogP contribution < -0.4 is 5.73 Å². The zero-order valence-electron chi connectivity index (χ0n) is 11.3. The first kappa shape index (κ1) is 16.4. The van der Waals surface area contributed by atoms with E-state index in [9.17, 15) is 4.79 Å². The van der Waals surface area contributed by atoms with Crippen molar-refractivity contribution in [3.8, 4) is 0 Å². The predicted molar refractivity (Wildman–Crippen MR) is 70.6 cm³/mol. The van der Waals surface area contributed by atoms with E-state index in [1.807, 2.05) is 6.92 Å². The first-order valence-electron chi connectivity index (χ1n) is 6.78. The highest BCUT2D eigenvalue weighted by atomic mass is 16.3. The molecule has 0 aromatic heterocycles. The van der Waals surface area contributed by atoms with Crippen LogP contribution in [0.15, 0.2) is 0 Å². The smallest absolute Gasteiger partial charge is 0.222 e. The molecule has 3 N–H and O–H groups in total. The van der Waals surface area contributed by atoms with Crippen molar-refractivity contribution in [2.45, 2.75) is 46.0 Å². The number of rotatable bonds is 10. The van der Waals surface area contributed by atoms with E-state index in [-0.39, 0.29) is 12.5 Å². The van der Waals surface area contributed by atoms with Crippen LogP contribution in [0.4, 0.5) is 0 Å². The zero-order chi connectivity index (χ0) is 13.1. The summed E-state index contributed by atoms with van der Waals surface area (Å²) in [6.45, 7) is 6.13. The molecule has 1 atom stereocenters. The SMILES string of the molecule is CCCN(CCO)C(=O)CCC(CC)CCN. The number of amides is 1.